The molecule has 14 heteroatoms. The highest BCUT2D eigenvalue weighted by atomic mass is 32.2. The second-order valence-electron chi connectivity index (χ2n) is 20.6. The number of hydrogen-bond acceptors (Lipinski definition) is 13. The average molecular weight is 1140 g/mol. The number of hydrogen-bond donors (Lipinski definition) is 0. The molecule has 4 unspecified atom stereocenters. The SMILES string of the molecule is O=Cc1ccc(S(=O)(=O)C[C@@H]2OC(COCc3ccccc3)[C@H](O[C@@H]3OC(COCc4ccccc4)[C@H](OCc4ccccc4)[C@H](OCc4ccccc4)C3OCc3ccccc3)[C@H](OCc3ccccc3)C2OCc2ccccc2)cc1. The Morgan fingerprint density at radius 3 is 1.02 bits per heavy atom. The summed E-state index contributed by atoms with van der Waals surface area (Å²) < 4.78 is 100.0. The molecule has 0 bridgehead atoms. The number of rotatable bonds is 29. The summed E-state index contributed by atoms with van der Waals surface area (Å²) in [5, 5.41) is 0. The van der Waals surface area contributed by atoms with Gasteiger partial charge in [-0.3, -0.25) is 4.79 Å². The van der Waals surface area contributed by atoms with E-state index in [2.05, 4.69) is 0 Å². The van der Waals surface area contributed by atoms with E-state index in [0.29, 0.717) is 18.5 Å². The van der Waals surface area contributed by atoms with Crippen LogP contribution in [0.4, 0.5) is 0 Å². The maximum Gasteiger partial charge on any atom is 0.187 e. The van der Waals surface area contributed by atoms with Crippen LogP contribution in [-0.4, -0.2) is 94.9 Å². The monoisotopic (exact) mass is 1140 g/mol. The van der Waals surface area contributed by atoms with Crippen LogP contribution in [0.15, 0.2) is 241 Å². The smallest absolute Gasteiger partial charge is 0.187 e. The summed E-state index contributed by atoms with van der Waals surface area (Å²) in [6.07, 6.45) is -9.33. The molecule has 10 rings (SSSR count). The molecule has 2 fully saturated rings. The van der Waals surface area contributed by atoms with Crippen LogP contribution >= 0.6 is 0 Å². The first kappa shape index (κ1) is 59.2. The molecule has 13 nitrogen and oxygen atoms in total. The molecule has 2 heterocycles. The van der Waals surface area contributed by atoms with Crippen molar-refractivity contribution in [3.63, 3.8) is 0 Å². The lowest BCUT2D eigenvalue weighted by molar-refractivity contribution is -0.362. The second-order valence-corrected chi connectivity index (χ2v) is 22.7. The molecule has 0 N–H and O–H groups in total. The molecule has 430 valence electrons. The van der Waals surface area contributed by atoms with Crippen LogP contribution < -0.4 is 0 Å². The average Bonchev–Trinajstić information content (AvgIpc) is 3.73. The zero-order chi connectivity index (χ0) is 56.9. The van der Waals surface area contributed by atoms with E-state index in [1.807, 2.05) is 212 Å². The molecular formula is C69H70O13S. The zero-order valence-corrected chi connectivity index (χ0v) is 47.0. The Kier molecular flexibility index (Phi) is 21.7. The Morgan fingerprint density at radius 2 is 0.651 bits per heavy atom. The number of benzene rings is 8. The molecule has 0 amide bonds. The van der Waals surface area contributed by atoms with E-state index in [9.17, 15) is 13.2 Å². The predicted octanol–water partition coefficient (Wildman–Crippen LogP) is 11.5. The standard InChI is InChI=1S/C69H70O13S/c70-40-51-36-38-59(39-37-51)83(71,72)50-62-64(76-44-55-28-14-4-15-29-55)66(77-45-56-30-16-5-17-31-56)65(61(80-62)49-74-42-53-24-10-2-11-25-53)82-69-68(79-47-58-34-20-7-21-35-58)67(78-46-57-32-18-6-19-33-57)63(75-43-54-26-12-3-13-27-54)60(81-69)48-73-41-52-22-8-1-9-23-52/h1-40,60-69H,41-50H2/t60?,61?,62-,63-,64?,65-,66+,67-,68?,69-/m0/s1. The van der Waals surface area contributed by atoms with Crippen molar-refractivity contribution in [3.8, 4) is 0 Å². The topological polar surface area (TPSA) is 144 Å². The number of sulfone groups is 1. The van der Waals surface area contributed by atoms with Crippen molar-refractivity contribution >= 4 is 16.1 Å². The molecule has 2 aliphatic rings. The van der Waals surface area contributed by atoms with Crippen molar-refractivity contribution < 1.29 is 60.6 Å². The van der Waals surface area contributed by atoms with Crippen molar-refractivity contribution in [2.24, 2.45) is 0 Å². The van der Waals surface area contributed by atoms with Crippen LogP contribution in [-0.2, 0) is 103 Å². The summed E-state index contributed by atoms with van der Waals surface area (Å²) in [4.78, 5) is 11.7. The van der Waals surface area contributed by atoms with Gasteiger partial charge in [-0.15, -0.1) is 0 Å². The summed E-state index contributed by atoms with van der Waals surface area (Å²) in [5.74, 6) is -0.514. The third kappa shape index (κ3) is 17.1. The lowest BCUT2D eigenvalue weighted by atomic mass is 9.93. The molecular weight excluding hydrogens is 1070 g/mol. The Morgan fingerprint density at radius 1 is 0.337 bits per heavy atom. The lowest BCUT2D eigenvalue weighted by Crippen LogP contribution is -2.66. The van der Waals surface area contributed by atoms with Crippen LogP contribution in [0.25, 0.3) is 0 Å². The van der Waals surface area contributed by atoms with Gasteiger partial charge in [-0.2, -0.15) is 0 Å². The molecule has 8 aromatic rings. The Balaban J connectivity index is 1.08. The maximum absolute atomic E-state index is 14.7. The summed E-state index contributed by atoms with van der Waals surface area (Å²) in [6.45, 7) is 1.24. The van der Waals surface area contributed by atoms with Gasteiger partial charge >= 0.3 is 0 Å². The van der Waals surface area contributed by atoms with Crippen molar-refractivity contribution in [1.29, 1.82) is 0 Å². The van der Waals surface area contributed by atoms with Gasteiger partial charge in [-0.25, -0.2) is 8.42 Å². The van der Waals surface area contributed by atoms with E-state index in [-0.39, 0.29) is 57.8 Å². The van der Waals surface area contributed by atoms with Gasteiger partial charge in [-0.1, -0.05) is 224 Å². The second kappa shape index (κ2) is 30.5. The first-order chi connectivity index (χ1) is 40.8. The fourth-order valence-electron chi connectivity index (χ4n) is 10.3. The summed E-state index contributed by atoms with van der Waals surface area (Å²) in [7, 11) is -4.12. The molecule has 2 aliphatic heterocycles. The molecule has 0 spiro atoms. The minimum atomic E-state index is -4.12. The summed E-state index contributed by atoms with van der Waals surface area (Å²) >= 11 is 0. The molecule has 83 heavy (non-hydrogen) atoms. The van der Waals surface area contributed by atoms with Gasteiger partial charge in [0.25, 0.3) is 0 Å². The van der Waals surface area contributed by atoms with Gasteiger partial charge in [0.15, 0.2) is 16.1 Å². The first-order valence-corrected chi connectivity index (χ1v) is 29.8. The van der Waals surface area contributed by atoms with Gasteiger partial charge in [0.2, 0.25) is 0 Å². The highest BCUT2D eigenvalue weighted by Gasteiger charge is 2.55. The van der Waals surface area contributed by atoms with Crippen molar-refractivity contribution in [2.75, 3.05) is 19.0 Å². The lowest BCUT2D eigenvalue weighted by Gasteiger charge is -2.50. The third-order valence-corrected chi connectivity index (χ3v) is 16.3. The quantitative estimate of drug-likeness (QED) is 0.0411. The van der Waals surface area contributed by atoms with Gasteiger partial charge in [0, 0.05) is 5.56 Å². The Labute approximate surface area is 486 Å². The first-order valence-electron chi connectivity index (χ1n) is 28.1. The van der Waals surface area contributed by atoms with Crippen LogP contribution in [0.3, 0.4) is 0 Å². The van der Waals surface area contributed by atoms with E-state index >= 15 is 0 Å². The molecule has 0 aromatic heterocycles. The highest BCUT2D eigenvalue weighted by Crippen LogP contribution is 2.38. The molecule has 8 aromatic carbocycles. The van der Waals surface area contributed by atoms with E-state index in [4.69, 9.17) is 47.4 Å². The minimum absolute atomic E-state index is 0.0191. The van der Waals surface area contributed by atoms with Crippen LogP contribution in [0.1, 0.15) is 49.3 Å². The molecule has 2 saturated heterocycles. The highest BCUT2D eigenvalue weighted by molar-refractivity contribution is 7.91. The van der Waals surface area contributed by atoms with E-state index in [0.717, 1.165) is 38.9 Å². The zero-order valence-electron chi connectivity index (χ0n) is 46.2. The molecule has 0 aliphatic carbocycles. The fraction of sp³-hybridized carbons (Fsp3) is 0.290. The van der Waals surface area contributed by atoms with Crippen molar-refractivity contribution in [3.05, 3.63) is 281 Å². The van der Waals surface area contributed by atoms with Crippen LogP contribution in [0.5, 0.6) is 0 Å². The van der Waals surface area contributed by atoms with Gasteiger partial charge in [0.05, 0.1) is 70.1 Å². The molecule has 0 saturated carbocycles. The van der Waals surface area contributed by atoms with Gasteiger partial charge < -0.3 is 47.4 Å². The normalized spacial score (nSPS) is 22.7. The van der Waals surface area contributed by atoms with E-state index < -0.39 is 76.8 Å². The van der Waals surface area contributed by atoms with Crippen molar-refractivity contribution in [2.45, 2.75) is 112 Å². The van der Waals surface area contributed by atoms with E-state index in [1.165, 1.54) is 24.3 Å². The summed E-state index contributed by atoms with van der Waals surface area (Å²) in [6, 6.07) is 74.6. The van der Waals surface area contributed by atoms with Crippen LogP contribution in [0.2, 0.25) is 0 Å². The summed E-state index contributed by atoms with van der Waals surface area (Å²) in [5.41, 5.74) is 6.72. The van der Waals surface area contributed by atoms with Gasteiger partial charge in [-0.05, 0) is 51.1 Å². The van der Waals surface area contributed by atoms with Crippen molar-refractivity contribution in [1.82, 2.24) is 0 Å². The number of carbonyl (C=O) groups is 1. The van der Waals surface area contributed by atoms with Crippen LogP contribution in [0, 0.1) is 0 Å². The number of carbonyl (C=O) groups excluding carboxylic acids is 1. The maximum atomic E-state index is 14.7. The third-order valence-electron chi connectivity index (χ3n) is 14.6. The molecule has 0 radical (unpaired) electrons. The molecule has 10 atom stereocenters. The minimum Gasteiger partial charge on any atom is -0.374 e. The Bertz CT molecular complexity index is 3240. The van der Waals surface area contributed by atoms with E-state index in [1.54, 1.807) is 0 Å². The number of ether oxygens (including phenoxy) is 10. The largest absolute Gasteiger partial charge is 0.374 e. The fourth-order valence-corrected chi connectivity index (χ4v) is 11.7. The van der Waals surface area contributed by atoms with Gasteiger partial charge in [0.1, 0.15) is 61.2 Å². The number of aldehydes is 1. The predicted molar refractivity (Wildman–Crippen MR) is 313 cm³/mol. The Hall–Kier alpha value is -7.02.